The summed E-state index contributed by atoms with van der Waals surface area (Å²) in [6.07, 6.45) is 0. The number of carboxylic acid groups (broad SMARTS) is 1. The van der Waals surface area contributed by atoms with Gasteiger partial charge in [-0.25, -0.2) is 8.42 Å². The second-order valence-electron chi connectivity index (χ2n) is 5.46. The Bertz CT molecular complexity index is 1060. The zero-order chi connectivity index (χ0) is 16.9. The minimum atomic E-state index is -3.90. The smallest absolute Gasteiger partial charge is 0.312 e. The first-order valence-electron chi connectivity index (χ1n) is 7.13. The Balaban J connectivity index is 1.84. The Kier molecular flexibility index (Phi) is 3.07. The van der Waals surface area contributed by atoms with Gasteiger partial charge in [-0.15, -0.1) is 0 Å². The second-order valence-corrected chi connectivity index (χ2v) is 7.32. The van der Waals surface area contributed by atoms with Crippen LogP contribution in [-0.2, 0) is 14.8 Å². The van der Waals surface area contributed by atoms with E-state index in [0.717, 1.165) is 4.31 Å². The number of anilines is 1. The highest BCUT2D eigenvalue weighted by Gasteiger charge is 2.39. The molecule has 0 aliphatic carbocycles. The Morgan fingerprint density at radius 3 is 2.71 bits per heavy atom. The first-order valence-corrected chi connectivity index (χ1v) is 8.57. The summed E-state index contributed by atoms with van der Waals surface area (Å²) in [6, 6.07) is 11.1. The first-order chi connectivity index (χ1) is 11.5. The maximum atomic E-state index is 13.0. The van der Waals surface area contributed by atoms with Crippen molar-refractivity contribution in [1.29, 1.82) is 0 Å². The molecule has 24 heavy (non-hydrogen) atoms. The molecular weight excluding hydrogens is 332 g/mol. The fourth-order valence-electron chi connectivity index (χ4n) is 2.92. The van der Waals surface area contributed by atoms with Crippen LogP contribution in [0.25, 0.3) is 11.0 Å². The summed E-state index contributed by atoms with van der Waals surface area (Å²) in [7, 11) is -3.90. The quantitative estimate of drug-likeness (QED) is 0.740. The minimum Gasteiger partial charge on any atom is -0.481 e. The third-order valence-electron chi connectivity index (χ3n) is 4.10. The highest BCUT2D eigenvalue weighted by atomic mass is 32.2. The van der Waals surface area contributed by atoms with E-state index in [1.165, 1.54) is 12.1 Å². The fraction of sp³-hybridized carbons (Fsp3) is 0.133. The van der Waals surface area contributed by atoms with Gasteiger partial charge < -0.3 is 5.11 Å². The van der Waals surface area contributed by atoms with Gasteiger partial charge >= 0.3 is 5.97 Å². The zero-order valence-electron chi connectivity index (χ0n) is 12.2. The number of benzene rings is 2. The van der Waals surface area contributed by atoms with Crippen LogP contribution in [0.1, 0.15) is 11.5 Å². The summed E-state index contributed by atoms with van der Waals surface area (Å²) < 4.78 is 27.2. The number of carbonyl (C=O) groups is 1. The van der Waals surface area contributed by atoms with Crippen LogP contribution in [0.2, 0.25) is 0 Å². The Morgan fingerprint density at radius 2 is 1.92 bits per heavy atom. The summed E-state index contributed by atoms with van der Waals surface area (Å²) in [4.78, 5) is 11.5. The number of para-hydroxylation sites is 1. The number of rotatable bonds is 3. The average Bonchev–Trinajstić information content (AvgIpc) is 3.18. The molecule has 0 saturated heterocycles. The van der Waals surface area contributed by atoms with Crippen molar-refractivity contribution in [2.75, 3.05) is 10.8 Å². The van der Waals surface area contributed by atoms with E-state index in [9.17, 15) is 18.3 Å². The molecule has 3 aromatic rings. The number of H-pyrrole nitrogens is 1. The lowest BCUT2D eigenvalue weighted by Crippen LogP contribution is -2.31. The number of sulfonamides is 1. The van der Waals surface area contributed by atoms with E-state index in [-0.39, 0.29) is 11.4 Å². The van der Waals surface area contributed by atoms with Crippen molar-refractivity contribution in [2.24, 2.45) is 0 Å². The third-order valence-corrected chi connectivity index (χ3v) is 5.88. The lowest BCUT2D eigenvalue weighted by Gasteiger charge is -2.19. The molecule has 122 valence electrons. The van der Waals surface area contributed by atoms with Gasteiger partial charge in [0.2, 0.25) is 0 Å². The molecular formula is C15H12N4O4S. The molecule has 0 saturated carbocycles. The lowest BCUT2D eigenvalue weighted by molar-refractivity contribution is -0.138. The number of aromatic nitrogens is 3. The molecule has 4 rings (SSSR count). The molecule has 1 aliphatic rings. The van der Waals surface area contributed by atoms with Crippen LogP contribution in [0, 0.1) is 0 Å². The molecule has 2 aromatic carbocycles. The maximum Gasteiger partial charge on any atom is 0.312 e. The number of nitrogens with one attached hydrogen (secondary N) is 1. The summed E-state index contributed by atoms with van der Waals surface area (Å²) in [6.45, 7) is -0.131. The van der Waals surface area contributed by atoms with E-state index in [1.54, 1.807) is 30.3 Å². The molecule has 0 spiro atoms. The highest BCUT2D eigenvalue weighted by Crippen LogP contribution is 2.39. The van der Waals surface area contributed by atoms with Crippen molar-refractivity contribution in [3.63, 3.8) is 0 Å². The number of hydrogen-bond acceptors (Lipinski definition) is 5. The largest absolute Gasteiger partial charge is 0.481 e. The van der Waals surface area contributed by atoms with E-state index in [0.29, 0.717) is 22.3 Å². The van der Waals surface area contributed by atoms with Crippen LogP contribution in [0.5, 0.6) is 0 Å². The molecule has 1 aromatic heterocycles. The zero-order valence-corrected chi connectivity index (χ0v) is 13.1. The van der Waals surface area contributed by atoms with Gasteiger partial charge in [-0.2, -0.15) is 15.4 Å². The molecule has 2 N–H and O–H groups in total. The predicted molar refractivity (Wildman–Crippen MR) is 85.2 cm³/mol. The molecule has 0 unspecified atom stereocenters. The number of nitrogens with zero attached hydrogens (tertiary/aromatic N) is 3. The maximum absolute atomic E-state index is 13.0. The standard InChI is InChI=1S/C15H12N4O4S/c20-15(21)11-8-19(14-4-2-1-3-10(11)14)24(22,23)9-5-6-12-13(7-9)17-18-16-12/h1-7,11H,8H2,(H,20,21)(H,16,17,18)/t11-/m1/s1. The van der Waals surface area contributed by atoms with Crippen LogP contribution in [0.4, 0.5) is 5.69 Å². The summed E-state index contributed by atoms with van der Waals surface area (Å²) in [5.41, 5.74) is 1.87. The number of fused-ring (bicyclic) bond motifs is 2. The number of aromatic amines is 1. The Hall–Kier alpha value is -2.94. The second kappa shape index (κ2) is 5.03. The van der Waals surface area contributed by atoms with Gasteiger partial charge in [-0.1, -0.05) is 18.2 Å². The fourth-order valence-corrected chi connectivity index (χ4v) is 4.44. The van der Waals surface area contributed by atoms with Gasteiger partial charge in [-0.3, -0.25) is 9.10 Å². The summed E-state index contributed by atoms with van der Waals surface area (Å²) in [5.74, 6) is -1.93. The van der Waals surface area contributed by atoms with Gasteiger partial charge in [0.1, 0.15) is 17.0 Å². The number of aliphatic carboxylic acids is 1. The van der Waals surface area contributed by atoms with Gasteiger partial charge in [0.15, 0.2) is 0 Å². The van der Waals surface area contributed by atoms with Crippen LogP contribution in [-0.4, -0.2) is 41.4 Å². The van der Waals surface area contributed by atoms with Crippen LogP contribution >= 0.6 is 0 Å². The van der Waals surface area contributed by atoms with Crippen molar-refractivity contribution in [3.05, 3.63) is 48.0 Å². The monoisotopic (exact) mass is 344 g/mol. The van der Waals surface area contributed by atoms with E-state index in [1.807, 2.05) is 0 Å². The molecule has 0 fully saturated rings. The molecule has 1 atom stereocenters. The van der Waals surface area contributed by atoms with Crippen LogP contribution in [0.3, 0.4) is 0 Å². The van der Waals surface area contributed by atoms with Gasteiger partial charge in [0.25, 0.3) is 10.0 Å². The van der Waals surface area contributed by atoms with Crippen LogP contribution in [0.15, 0.2) is 47.4 Å². The number of carboxylic acids is 1. The molecule has 2 heterocycles. The molecule has 0 amide bonds. The highest BCUT2D eigenvalue weighted by molar-refractivity contribution is 7.92. The predicted octanol–water partition coefficient (Wildman–Crippen LogP) is 1.33. The lowest BCUT2D eigenvalue weighted by atomic mass is 10.0. The van der Waals surface area contributed by atoms with Gasteiger partial charge in [0.05, 0.1) is 17.1 Å². The molecule has 8 nitrogen and oxygen atoms in total. The number of hydrogen-bond donors (Lipinski definition) is 2. The van der Waals surface area contributed by atoms with E-state index in [4.69, 9.17) is 0 Å². The first kappa shape index (κ1) is 14.6. The normalized spacial score (nSPS) is 17.2. The third kappa shape index (κ3) is 2.05. The van der Waals surface area contributed by atoms with Crippen molar-refractivity contribution < 1.29 is 18.3 Å². The molecule has 0 bridgehead atoms. The minimum absolute atomic E-state index is 0.0461. The van der Waals surface area contributed by atoms with E-state index >= 15 is 0 Å². The van der Waals surface area contributed by atoms with Crippen LogP contribution < -0.4 is 4.31 Å². The topological polar surface area (TPSA) is 116 Å². The van der Waals surface area contributed by atoms with E-state index < -0.39 is 21.9 Å². The summed E-state index contributed by atoms with van der Waals surface area (Å²) >= 11 is 0. The molecule has 0 radical (unpaired) electrons. The van der Waals surface area contributed by atoms with Crippen molar-refractivity contribution in [2.45, 2.75) is 10.8 Å². The summed E-state index contributed by atoms with van der Waals surface area (Å²) in [5, 5.41) is 19.6. The molecule has 9 heteroatoms. The van der Waals surface area contributed by atoms with Gasteiger partial charge in [0, 0.05) is 0 Å². The van der Waals surface area contributed by atoms with Crippen molar-refractivity contribution >= 4 is 32.7 Å². The van der Waals surface area contributed by atoms with Gasteiger partial charge in [-0.05, 0) is 29.8 Å². The van der Waals surface area contributed by atoms with Crippen molar-refractivity contribution in [1.82, 2.24) is 15.4 Å². The van der Waals surface area contributed by atoms with E-state index in [2.05, 4.69) is 15.4 Å². The average molecular weight is 344 g/mol. The Morgan fingerprint density at radius 1 is 1.17 bits per heavy atom. The van der Waals surface area contributed by atoms with Crippen molar-refractivity contribution in [3.8, 4) is 0 Å². The molecule has 1 aliphatic heterocycles. The SMILES string of the molecule is O=C(O)[C@@H]1CN(S(=O)(=O)c2ccc3n[nH]nc3c2)c2ccccc21. The Labute approximate surface area is 136 Å².